The lowest BCUT2D eigenvalue weighted by Gasteiger charge is -2.17. The van der Waals surface area contributed by atoms with Gasteiger partial charge in [-0.2, -0.15) is 0 Å². The van der Waals surface area contributed by atoms with Crippen molar-refractivity contribution in [1.29, 1.82) is 0 Å². The second-order valence-electron chi connectivity index (χ2n) is 2.89. The fourth-order valence-electron chi connectivity index (χ4n) is 1.65. The summed E-state index contributed by atoms with van der Waals surface area (Å²) in [5.74, 6) is -0.272. The first kappa shape index (κ1) is 6.40. The number of hydrogen-bond acceptors (Lipinski definition) is 1. The van der Waals surface area contributed by atoms with Gasteiger partial charge in [0.05, 0.1) is 0 Å². The number of carbonyl (C=O) groups is 1. The van der Waals surface area contributed by atoms with E-state index < -0.39 is 5.41 Å². The Bertz CT molecular complexity index is 299. The molecule has 0 aromatic carbocycles. The van der Waals surface area contributed by atoms with Crippen LogP contribution in [0.5, 0.6) is 0 Å². The van der Waals surface area contributed by atoms with Crippen LogP contribution in [0.4, 0.5) is 0 Å². The molecule has 2 heteroatoms. The first-order chi connectivity index (χ1) is 5.26. The van der Waals surface area contributed by atoms with Crippen LogP contribution in [0.3, 0.4) is 0 Å². The number of allylic oxidation sites excluding steroid dienone is 3. The molecule has 0 saturated carbocycles. The molecule has 0 spiro atoms. The van der Waals surface area contributed by atoms with Gasteiger partial charge in [-0.3, -0.25) is 4.79 Å². The van der Waals surface area contributed by atoms with Gasteiger partial charge in [0.1, 0.15) is 5.41 Å². The van der Waals surface area contributed by atoms with Crippen molar-refractivity contribution in [3.8, 4) is 0 Å². The molecule has 0 bridgehead atoms. The Hall–Kier alpha value is -1.31. The first-order valence-corrected chi connectivity index (χ1v) is 3.62. The predicted molar refractivity (Wildman–Crippen MR) is 42.6 cm³/mol. The summed E-state index contributed by atoms with van der Waals surface area (Å²) in [6.45, 7) is 0. The maximum Gasteiger partial charge on any atom is 0.235 e. The number of fused-ring (bicyclic) bond motifs is 1. The van der Waals surface area contributed by atoms with Gasteiger partial charge in [-0.25, -0.2) is 0 Å². The molecule has 2 aliphatic rings. The molecular weight excluding hydrogens is 138 g/mol. The molecule has 1 amide bonds. The molecule has 0 aromatic heterocycles. The summed E-state index contributed by atoms with van der Waals surface area (Å²) < 4.78 is 0. The van der Waals surface area contributed by atoms with Gasteiger partial charge in [0.2, 0.25) is 5.91 Å². The molecular formula is C9H9NO. The molecule has 2 rings (SSSR count). The van der Waals surface area contributed by atoms with Gasteiger partial charge in [-0.15, -0.1) is 0 Å². The van der Waals surface area contributed by atoms with E-state index in [0.29, 0.717) is 0 Å². The van der Waals surface area contributed by atoms with Crippen LogP contribution < -0.4 is 5.73 Å². The topological polar surface area (TPSA) is 43.1 Å². The average Bonchev–Trinajstić information content (AvgIpc) is 2.40. The van der Waals surface area contributed by atoms with Crippen LogP contribution in [0.2, 0.25) is 0 Å². The normalized spacial score (nSPS) is 32.2. The van der Waals surface area contributed by atoms with Gasteiger partial charge in [0.15, 0.2) is 0 Å². The molecule has 1 atom stereocenters. The van der Waals surface area contributed by atoms with Gasteiger partial charge in [-0.1, -0.05) is 30.4 Å². The summed E-state index contributed by atoms with van der Waals surface area (Å²) >= 11 is 0. The Balaban J connectivity index is 2.51. The number of primary amides is 1. The summed E-state index contributed by atoms with van der Waals surface area (Å²) in [7, 11) is 0. The summed E-state index contributed by atoms with van der Waals surface area (Å²) in [5, 5.41) is 0. The molecule has 11 heavy (non-hydrogen) atoms. The van der Waals surface area contributed by atoms with Crippen LogP contribution in [-0.2, 0) is 4.79 Å². The van der Waals surface area contributed by atoms with Crippen molar-refractivity contribution < 1.29 is 4.79 Å². The maximum absolute atomic E-state index is 11.1. The second kappa shape index (κ2) is 1.84. The lowest BCUT2D eigenvalue weighted by Crippen LogP contribution is -2.32. The van der Waals surface area contributed by atoms with Crippen molar-refractivity contribution >= 4 is 5.91 Å². The van der Waals surface area contributed by atoms with Crippen LogP contribution >= 0.6 is 0 Å². The van der Waals surface area contributed by atoms with Gasteiger partial charge in [0.25, 0.3) is 0 Å². The minimum Gasteiger partial charge on any atom is -0.368 e. The maximum atomic E-state index is 11.1. The third-order valence-electron chi connectivity index (χ3n) is 2.31. The van der Waals surface area contributed by atoms with Gasteiger partial charge < -0.3 is 5.73 Å². The Morgan fingerprint density at radius 2 is 2.36 bits per heavy atom. The lowest BCUT2D eigenvalue weighted by molar-refractivity contribution is -0.121. The standard InChI is InChI=1S/C9H9NO/c10-8(11)9-5-1-3-7(9)4-2-6-9/h1-3,5-6H,4H2,(H2,10,11). The number of carbonyl (C=O) groups excluding carboxylic acids is 1. The van der Waals surface area contributed by atoms with E-state index >= 15 is 0 Å². The highest BCUT2D eigenvalue weighted by Gasteiger charge is 2.39. The van der Waals surface area contributed by atoms with E-state index in [9.17, 15) is 4.79 Å². The van der Waals surface area contributed by atoms with Gasteiger partial charge >= 0.3 is 0 Å². The Kier molecular flexibility index (Phi) is 1.07. The van der Waals surface area contributed by atoms with Crippen molar-refractivity contribution in [2.45, 2.75) is 6.42 Å². The molecule has 2 N–H and O–H groups in total. The third-order valence-corrected chi connectivity index (χ3v) is 2.31. The lowest BCUT2D eigenvalue weighted by atomic mass is 9.85. The summed E-state index contributed by atoms with van der Waals surface area (Å²) in [6.07, 6.45) is 10.4. The first-order valence-electron chi connectivity index (χ1n) is 3.62. The van der Waals surface area contributed by atoms with Crippen LogP contribution in [0, 0.1) is 5.41 Å². The zero-order valence-corrected chi connectivity index (χ0v) is 6.08. The van der Waals surface area contributed by atoms with Crippen LogP contribution in [0.25, 0.3) is 0 Å². The number of nitrogens with two attached hydrogens (primary N) is 1. The highest BCUT2D eigenvalue weighted by Crippen LogP contribution is 2.41. The minimum absolute atomic E-state index is 0.272. The quantitative estimate of drug-likeness (QED) is 0.550. The largest absolute Gasteiger partial charge is 0.368 e. The van der Waals surface area contributed by atoms with E-state index in [2.05, 4.69) is 0 Å². The van der Waals surface area contributed by atoms with E-state index in [1.807, 2.05) is 30.4 Å². The van der Waals surface area contributed by atoms with E-state index in [1.54, 1.807) is 0 Å². The molecule has 0 saturated heterocycles. The number of rotatable bonds is 1. The molecule has 2 aliphatic carbocycles. The summed E-state index contributed by atoms with van der Waals surface area (Å²) in [4.78, 5) is 11.1. The van der Waals surface area contributed by atoms with E-state index in [-0.39, 0.29) is 5.91 Å². The van der Waals surface area contributed by atoms with Crippen molar-refractivity contribution in [2.24, 2.45) is 11.1 Å². The Morgan fingerprint density at radius 1 is 1.55 bits per heavy atom. The summed E-state index contributed by atoms with van der Waals surface area (Å²) in [5.41, 5.74) is 5.84. The van der Waals surface area contributed by atoms with Crippen LogP contribution in [-0.4, -0.2) is 5.91 Å². The fourth-order valence-corrected chi connectivity index (χ4v) is 1.65. The monoisotopic (exact) mass is 147 g/mol. The van der Waals surface area contributed by atoms with E-state index in [0.717, 1.165) is 12.0 Å². The molecule has 0 aliphatic heterocycles. The zero-order valence-electron chi connectivity index (χ0n) is 6.08. The fraction of sp³-hybridized carbons (Fsp3) is 0.222. The molecule has 1 unspecified atom stereocenters. The van der Waals surface area contributed by atoms with E-state index in [4.69, 9.17) is 5.73 Å². The SMILES string of the molecule is NC(=O)C12C=CC=C1CC=C2. The molecule has 0 heterocycles. The van der Waals surface area contributed by atoms with Crippen molar-refractivity contribution in [3.05, 3.63) is 36.0 Å². The minimum atomic E-state index is -0.556. The molecule has 56 valence electrons. The Morgan fingerprint density at radius 3 is 3.00 bits per heavy atom. The molecule has 0 aromatic rings. The Labute approximate surface area is 65.1 Å². The molecule has 2 nitrogen and oxygen atoms in total. The molecule has 0 radical (unpaired) electrons. The van der Waals surface area contributed by atoms with Crippen LogP contribution in [0.1, 0.15) is 6.42 Å². The smallest absolute Gasteiger partial charge is 0.235 e. The van der Waals surface area contributed by atoms with Gasteiger partial charge in [0, 0.05) is 0 Å². The summed E-state index contributed by atoms with van der Waals surface area (Å²) in [6, 6.07) is 0. The highest BCUT2D eigenvalue weighted by molar-refractivity contribution is 5.91. The average molecular weight is 147 g/mol. The van der Waals surface area contributed by atoms with Crippen molar-refractivity contribution in [1.82, 2.24) is 0 Å². The third kappa shape index (κ3) is 0.638. The highest BCUT2D eigenvalue weighted by atomic mass is 16.1. The van der Waals surface area contributed by atoms with Crippen molar-refractivity contribution in [2.75, 3.05) is 0 Å². The van der Waals surface area contributed by atoms with Crippen molar-refractivity contribution in [3.63, 3.8) is 0 Å². The zero-order chi connectivity index (χ0) is 7.90. The van der Waals surface area contributed by atoms with E-state index in [1.165, 1.54) is 0 Å². The number of amides is 1. The molecule has 0 fully saturated rings. The van der Waals surface area contributed by atoms with Gasteiger partial charge in [-0.05, 0) is 12.0 Å². The second-order valence-corrected chi connectivity index (χ2v) is 2.89. The predicted octanol–water partition coefficient (Wildman–Crippen LogP) is 0.914. The number of hydrogen-bond donors (Lipinski definition) is 1. The van der Waals surface area contributed by atoms with Crippen LogP contribution in [0.15, 0.2) is 36.0 Å².